The molecule has 1 aromatic heterocycles. The molecule has 0 saturated heterocycles. The molecule has 0 atom stereocenters. The Labute approximate surface area is 46.3 Å². The summed E-state index contributed by atoms with van der Waals surface area (Å²) in [4.78, 5) is 2.82. The van der Waals surface area contributed by atoms with E-state index < -0.39 is 0 Å². The lowest BCUT2D eigenvalue weighted by molar-refractivity contribution is -0.370. The molecule has 0 unspecified atom stereocenters. The number of nitrogens with zero attached hydrogens (tertiary/aromatic N) is 1. The first kappa shape index (κ1) is 5.04. The summed E-state index contributed by atoms with van der Waals surface area (Å²) in [6, 6.07) is 0. The second kappa shape index (κ2) is 1.79. The molecule has 0 bridgehead atoms. The fraction of sp³-hybridized carbons (Fsp3) is 0.333. The fourth-order valence-electron chi connectivity index (χ4n) is 0.442. The zero-order valence-electron chi connectivity index (χ0n) is 4.52. The molecule has 44 valence electrons. The maximum Gasteiger partial charge on any atom is 0.391 e. The van der Waals surface area contributed by atoms with Gasteiger partial charge in [-0.3, -0.25) is 0 Å². The number of aryl methyl sites for hydroxylation is 1. The number of nitrogens with one attached hydrogen (secondary N) is 3. The van der Waals surface area contributed by atoms with Crippen LogP contribution < -0.4 is 16.3 Å². The van der Waals surface area contributed by atoms with Crippen LogP contribution in [0.2, 0.25) is 0 Å². The number of hydrogen-bond acceptors (Lipinski definition) is 3. The van der Waals surface area contributed by atoms with Gasteiger partial charge < -0.3 is 0 Å². The number of nitrogens with two attached hydrogens (primary N) is 1. The summed E-state index contributed by atoms with van der Waals surface area (Å²) in [5, 5.41) is 6.39. The molecule has 0 spiro atoms. The Balaban J connectivity index is 2.84. The van der Waals surface area contributed by atoms with Gasteiger partial charge in [-0.2, -0.15) is 5.10 Å². The number of hydrogen-bond donors (Lipinski definition) is 3. The molecule has 1 heterocycles. The van der Waals surface area contributed by atoms with Crippen LogP contribution in [-0.4, -0.2) is 10.2 Å². The van der Waals surface area contributed by atoms with E-state index in [-0.39, 0.29) is 0 Å². The Morgan fingerprint density at radius 1 is 1.88 bits per heavy atom. The highest BCUT2D eigenvalue weighted by Gasteiger charge is 2.00. The maximum absolute atomic E-state index is 5.00. The van der Waals surface area contributed by atoms with Crippen molar-refractivity contribution in [1.82, 2.24) is 10.2 Å². The smallest absolute Gasteiger partial charge is 0.237 e. The van der Waals surface area contributed by atoms with E-state index in [0.29, 0.717) is 5.95 Å². The van der Waals surface area contributed by atoms with Crippen LogP contribution in [0.1, 0.15) is 5.82 Å². The van der Waals surface area contributed by atoms with Crippen molar-refractivity contribution in [3.05, 3.63) is 5.82 Å². The molecular formula is C3H8N5+. The first-order chi connectivity index (χ1) is 3.83. The minimum Gasteiger partial charge on any atom is -0.237 e. The van der Waals surface area contributed by atoms with Gasteiger partial charge in [-0.1, -0.05) is 0 Å². The zero-order chi connectivity index (χ0) is 5.98. The summed E-state index contributed by atoms with van der Waals surface area (Å²) in [5.74, 6) is 6.42. The van der Waals surface area contributed by atoms with Crippen molar-refractivity contribution in [3.8, 4) is 0 Å². The summed E-state index contributed by atoms with van der Waals surface area (Å²) < 4.78 is 0. The Morgan fingerprint density at radius 2 is 2.62 bits per heavy atom. The lowest BCUT2D eigenvalue weighted by Crippen LogP contribution is -2.16. The van der Waals surface area contributed by atoms with Gasteiger partial charge in [0.15, 0.2) is 5.82 Å². The van der Waals surface area contributed by atoms with Crippen molar-refractivity contribution < 1.29 is 4.98 Å². The second-order valence-corrected chi connectivity index (χ2v) is 1.47. The Morgan fingerprint density at radius 3 is 2.88 bits per heavy atom. The zero-order valence-corrected chi connectivity index (χ0v) is 4.52. The molecule has 0 amide bonds. The van der Waals surface area contributed by atoms with Crippen molar-refractivity contribution in [3.63, 3.8) is 0 Å². The quantitative estimate of drug-likeness (QED) is 0.317. The van der Waals surface area contributed by atoms with Gasteiger partial charge in [0, 0.05) is 12.0 Å². The number of nitrogen functional groups attached to an aromatic ring is 1. The van der Waals surface area contributed by atoms with Gasteiger partial charge in [-0.25, -0.2) is 16.3 Å². The summed E-state index contributed by atoms with van der Waals surface area (Å²) in [6.07, 6.45) is 0. The first-order valence-corrected chi connectivity index (χ1v) is 2.24. The van der Waals surface area contributed by atoms with E-state index >= 15 is 0 Å². The summed E-state index contributed by atoms with van der Waals surface area (Å²) in [5.41, 5.74) is 2.35. The van der Waals surface area contributed by atoms with Crippen molar-refractivity contribution in [1.29, 1.82) is 0 Å². The lowest BCUT2D eigenvalue weighted by atomic mass is 10.8. The van der Waals surface area contributed by atoms with E-state index in [1.807, 2.05) is 6.92 Å². The average molecular weight is 114 g/mol. The summed E-state index contributed by atoms with van der Waals surface area (Å²) in [7, 11) is 0. The molecule has 0 fully saturated rings. The summed E-state index contributed by atoms with van der Waals surface area (Å²) in [6.45, 7) is 1.86. The van der Waals surface area contributed by atoms with Gasteiger partial charge >= 0.3 is 5.95 Å². The van der Waals surface area contributed by atoms with Gasteiger partial charge in [0.1, 0.15) is 0 Å². The van der Waals surface area contributed by atoms with E-state index in [9.17, 15) is 0 Å². The van der Waals surface area contributed by atoms with E-state index in [0.717, 1.165) is 5.82 Å². The monoisotopic (exact) mass is 114 g/mol. The largest absolute Gasteiger partial charge is 0.391 e. The minimum absolute atomic E-state index is 0.544. The molecule has 8 heavy (non-hydrogen) atoms. The average Bonchev–Trinajstić information content (AvgIpc) is 2.14. The van der Waals surface area contributed by atoms with Crippen molar-refractivity contribution >= 4 is 5.95 Å². The molecule has 0 aliphatic heterocycles. The number of H-pyrrole nitrogens is 2. The maximum atomic E-state index is 5.00. The normalized spacial score (nSPS) is 9.25. The third kappa shape index (κ3) is 0.760. The van der Waals surface area contributed by atoms with E-state index in [1.165, 1.54) is 0 Å². The molecule has 1 aromatic rings. The number of aromatic nitrogens is 3. The standard InChI is InChI=1S/C3H7N5/c1-2-5-3(6-4)8-7-2/h4H2,1H3,(H2,5,6,7,8)/p+1. The van der Waals surface area contributed by atoms with Crippen LogP contribution in [0.15, 0.2) is 0 Å². The fourth-order valence-corrected chi connectivity index (χ4v) is 0.442. The number of aromatic amines is 2. The molecule has 5 N–H and O–H groups in total. The molecule has 0 aliphatic carbocycles. The van der Waals surface area contributed by atoms with Crippen LogP contribution in [-0.2, 0) is 0 Å². The van der Waals surface area contributed by atoms with Crippen LogP contribution in [0, 0.1) is 6.92 Å². The van der Waals surface area contributed by atoms with Crippen molar-refractivity contribution in [2.24, 2.45) is 5.84 Å². The van der Waals surface area contributed by atoms with Crippen LogP contribution in [0.25, 0.3) is 0 Å². The highest BCUT2D eigenvalue weighted by molar-refractivity contribution is 5.08. The predicted molar refractivity (Wildman–Crippen MR) is 27.7 cm³/mol. The number of anilines is 1. The van der Waals surface area contributed by atoms with E-state index in [2.05, 4.69) is 20.6 Å². The van der Waals surface area contributed by atoms with Crippen LogP contribution in [0.4, 0.5) is 5.95 Å². The Hall–Kier alpha value is -1.10. The van der Waals surface area contributed by atoms with E-state index in [1.54, 1.807) is 0 Å². The predicted octanol–water partition coefficient (Wildman–Crippen LogP) is -1.18. The molecule has 0 aromatic carbocycles. The van der Waals surface area contributed by atoms with Crippen LogP contribution in [0.5, 0.6) is 0 Å². The highest BCUT2D eigenvalue weighted by atomic mass is 15.4. The number of hydrazine groups is 1. The van der Waals surface area contributed by atoms with E-state index in [4.69, 9.17) is 5.84 Å². The molecule has 5 nitrogen and oxygen atoms in total. The van der Waals surface area contributed by atoms with Gasteiger partial charge in [0.25, 0.3) is 0 Å². The van der Waals surface area contributed by atoms with Crippen LogP contribution >= 0.6 is 0 Å². The third-order valence-corrected chi connectivity index (χ3v) is 0.778. The second-order valence-electron chi connectivity index (χ2n) is 1.47. The van der Waals surface area contributed by atoms with Gasteiger partial charge in [0.2, 0.25) is 0 Å². The molecule has 0 radical (unpaired) electrons. The van der Waals surface area contributed by atoms with Crippen molar-refractivity contribution in [2.45, 2.75) is 6.92 Å². The molecular weight excluding hydrogens is 106 g/mol. The molecule has 5 heteroatoms. The van der Waals surface area contributed by atoms with Gasteiger partial charge in [-0.05, 0) is 0 Å². The third-order valence-electron chi connectivity index (χ3n) is 0.778. The SMILES string of the molecule is Cc1[nH]nc(NN)[nH+]1. The molecule has 1 rings (SSSR count). The summed E-state index contributed by atoms with van der Waals surface area (Å²) >= 11 is 0. The minimum atomic E-state index is 0.544. The molecule has 0 saturated carbocycles. The first-order valence-electron chi connectivity index (χ1n) is 2.24. The van der Waals surface area contributed by atoms with Crippen LogP contribution in [0.3, 0.4) is 0 Å². The highest BCUT2D eigenvalue weighted by Crippen LogP contribution is 1.82. The number of rotatable bonds is 1. The van der Waals surface area contributed by atoms with Gasteiger partial charge in [-0.15, -0.1) is 0 Å². The van der Waals surface area contributed by atoms with Crippen molar-refractivity contribution in [2.75, 3.05) is 5.43 Å². The molecule has 0 aliphatic rings. The van der Waals surface area contributed by atoms with Gasteiger partial charge in [0.05, 0.1) is 0 Å². The topological polar surface area (TPSA) is 80.9 Å². The Bertz CT molecular complexity index is 168. The Kier molecular flexibility index (Phi) is 1.13. The lowest BCUT2D eigenvalue weighted by Gasteiger charge is -1.75.